The monoisotopic (exact) mass is 309 g/mol. The van der Waals surface area contributed by atoms with E-state index in [1.54, 1.807) is 25.4 Å². The number of nitro benzene ring substituents is 1. The molecule has 1 N–H and O–H groups in total. The number of nitrogens with one attached hydrogen (secondary N) is 1. The van der Waals surface area contributed by atoms with Crippen molar-refractivity contribution < 1.29 is 9.66 Å². The summed E-state index contributed by atoms with van der Waals surface area (Å²) in [6.07, 6.45) is 3.14. The molecule has 3 aromatic rings. The van der Waals surface area contributed by atoms with Gasteiger partial charge in [-0.15, -0.1) is 0 Å². The quantitative estimate of drug-likeness (QED) is 0.573. The molecule has 0 fully saturated rings. The van der Waals surface area contributed by atoms with Crippen LogP contribution < -0.4 is 10.1 Å². The molecule has 0 aliphatic heterocycles. The Hall–Kier alpha value is -3.15. The number of nitro groups is 1. The molecule has 0 amide bonds. The van der Waals surface area contributed by atoms with E-state index in [0.717, 1.165) is 22.4 Å². The molecular formula is C17H15N3O3. The number of hydrogen-bond acceptors (Lipinski definition) is 5. The summed E-state index contributed by atoms with van der Waals surface area (Å²) in [6.45, 7) is 0.555. The van der Waals surface area contributed by atoms with Gasteiger partial charge in [0.1, 0.15) is 5.75 Å². The highest BCUT2D eigenvalue weighted by atomic mass is 16.6. The lowest BCUT2D eigenvalue weighted by molar-refractivity contribution is -0.383. The van der Waals surface area contributed by atoms with Crippen molar-refractivity contribution in [1.29, 1.82) is 0 Å². The Morgan fingerprint density at radius 1 is 1.17 bits per heavy atom. The zero-order valence-electron chi connectivity index (χ0n) is 12.5. The van der Waals surface area contributed by atoms with Crippen molar-refractivity contribution in [3.63, 3.8) is 0 Å². The summed E-state index contributed by atoms with van der Waals surface area (Å²) in [5.74, 6) is 0.799. The van der Waals surface area contributed by atoms with E-state index in [1.165, 1.54) is 12.3 Å². The number of methoxy groups -OCH3 is 1. The summed E-state index contributed by atoms with van der Waals surface area (Å²) in [7, 11) is 1.63. The van der Waals surface area contributed by atoms with Gasteiger partial charge in [-0.05, 0) is 18.2 Å². The lowest BCUT2D eigenvalue weighted by Crippen LogP contribution is -2.02. The van der Waals surface area contributed by atoms with E-state index in [0.29, 0.717) is 11.9 Å². The summed E-state index contributed by atoms with van der Waals surface area (Å²) in [5, 5.41) is 15.7. The molecule has 0 aliphatic rings. The number of benzene rings is 2. The number of hydrogen-bond donors (Lipinski definition) is 1. The van der Waals surface area contributed by atoms with Gasteiger partial charge in [0.05, 0.1) is 17.4 Å². The summed E-state index contributed by atoms with van der Waals surface area (Å²) in [6, 6.07) is 12.7. The fourth-order valence-electron chi connectivity index (χ4n) is 2.53. The van der Waals surface area contributed by atoms with Crippen LogP contribution >= 0.6 is 0 Å². The Balaban J connectivity index is 1.95. The van der Waals surface area contributed by atoms with Crippen LogP contribution in [0.1, 0.15) is 5.56 Å². The van der Waals surface area contributed by atoms with Crippen LogP contribution in [0.5, 0.6) is 5.75 Å². The second-order valence-electron chi connectivity index (χ2n) is 4.98. The summed E-state index contributed by atoms with van der Waals surface area (Å²) < 4.78 is 5.33. The average molecular weight is 309 g/mol. The Kier molecular flexibility index (Phi) is 4.05. The molecule has 1 aromatic heterocycles. The van der Waals surface area contributed by atoms with Crippen LogP contribution in [0.15, 0.2) is 54.9 Å². The van der Waals surface area contributed by atoms with Crippen molar-refractivity contribution >= 4 is 22.1 Å². The van der Waals surface area contributed by atoms with E-state index in [9.17, 15) is 10.1 Å². The van der Waals surface area contributed by atoms with Gasteiger partial charge in [0.2, 0.25) is 0 Å². The maximum atomic E-state index is 11.1. The second-order valence-corrected chi connectivity index (χ2v) is 4.98. The van der Waals surface area contributed by atoms with Gasteiger partial charge in [-0.1, -0.05) is 18.2 Å². The van der Waals surface area contributed by atoms with Crippen LogP contribution in [-0.4, -0.2) is 17.0 Å². The second kappa shape index (κ2) is 6.31. The number of nitrogens with zero attached hydrogens (tertiary/aromatic N) is 2. The van der Waals surface area contributed by atoms with E-state index in [1.807, 2.05) is 24.3 Å². The first-order chi connectivity index (χ1) is 11.2. The minimum atomic E-state index is -0.395. The Labute approximate surface area is 132 Å². The minimum Gasteiger partial charge on any atom is -0.496 e. The zero-order valence-corrected chi connectivity index (χ0v) is 12.5. The smallest absolute Gasteiger partial charge is 0.278 e. The number of non-ortho nitro benzene ring substituents is 1. The van der Waals surface area contributed by atoms with Crippen molar-refractivity contribution in [3.05, 3.63) is 70.5 Å². The fraction of sp³-hybridized carbons (Fsp3) is 0.118. The van der Waals surface area contributed by atoms with Gasteiger partial charge in [-0.25, -0.2) is 0 Å². The topological polar surface area (TPSA) is 77.3 Å². The van der Waals surface area contributed by atoms with Crippen LogP contribution in [0.25, 0.3) is 10.8 Å². The predicted octanol–water partition coefficient (Wildman–Crippen LogP) is 3.76. The van der Waals surface area contributed by atoms with Crippen LogP contribution in [0.2, 0.25) is 0 Å². The minimum absolute atomic E-state index is 0.0518. The standard InChI is InChI=1S/C17H15N3O3/c1-23-17-5-3-2-4-12(17)10-19-15-6-7-16(20(21)22)14-11-18-9-8-13(14)15/h2-9,11,19H,10H2,1H3. The van der Waals surface area contributed by atoms with Crippen LogP contribution in [0.4, 0.5) is 11.4 Å². The molecule has 6 nitrogen and oxygen atoms in total. The van der Waals surface area contributed by atoms with Crippen molar-refractivity contribution in [2.45, 2.75) is 6.54 Å². The molecule has 1 heterocycles. The van der Waals surface area contributed by atoms with Crippen molar-refractivity contribution in [1.82, 2.24) is 4.98 Å². The lowest BCUT2D eigenvalue weighted by Gasteiger charge is -2.12. The maximum Gasteiger partial charge on any atom is 0.278 e. The molecule has 0 aliphatic carbocycles. The molecule has 6 heteroatoms. The number of para-hydroxylation sites is 1. The molecule has 0 unspecified atom stereocenters. The van der Waals surface area contributed by atoms with Gasteiger partial charge < -0.3 is 10.1 Å². The normalized spacial score (nSPS) is 10.5. The van der Waals surface area contributed by atoms with Crippen LogP contribution in [0, 0.1) is 10.1 Å². The summed E-state index contributed by atoms with van der Waals surface area (Å²) >= 11 is 0. The molecule has 0 atom stereocenters. The van der Waals surface area contributed by atoms with Crippen molar-refractivity contribution in [3.8, 4) is 5.75 Å². The highest BCUT2D eigenvalue weighted by Crippen LogP contribution is 2.31. The zero-order chi connectivity index (χ0) is 16.2. The predicted molar refractivity (Wildman–Crippen MR) is 88.7 cm³/mol. The summed E-state index contributed by atoms with van der Waals surface area (Å²) in [4.78, 5) is 14.7. The Morgan fingerprint density at radius 3 is 2.78 bits per heavy atom. The summed E-state index contributed by atoms with van der Waals surface area (Å²) in [5.41, 5.74) is 1.88. The molecular weight excluding hydrogens is 294 g/mol. The molecule has 0 saturated heterocycles. The molecule has 116 valence electrons. The SMILES string of the molecule is COc1ccccc1CNc1ccc([N+](=O)[O-])c2cnccc12. The lowest BCUT2D eigenvalue weighted by atomic mass is 10.1. The largest absolute Gasteiger partial charge is 0.496 e. The van der Waals surface area contributed by atoms with Crippen LogP contribution in [-0.2, 0) is 6.54 Å². The molecule has 2 aromatic carbocycles. The number of rotatable bonds is 5. The number of ether oxygens (including phenoxy) is 1. The highest BCUT2D eigenvalue weighted by molar-refractivity contribution is 5.99. The third kappa shape index (κ3) is 2.91. The van der Waals surface area contributed by atoms with E-state index in [-0.39, 0.29) is 5.69 Å². The molecule has 0 radical (unpaired) electrons. The van der Waals surface area contributed by atoms with Gasteiger partial charge in [0, 0.05) is 41.6 Å². The molecule has 3 rings (SSSR count). The van der Waals surface area contributed by atoms with E-state index >= 15 is 0 Å². The molecule has 0 saturated carbocycles. The number of pyridine rings is 1. The first kappa shape index (κ1) is 14.8. The number of fused-ring (bicyclic) bond motifs is 1. The van der Waals surface area contributed by atoms with E-state index in [4.69, 9.17) is 4.74 Å². The third-order valence-corrected chi connectivity index (χ3v) is 3.65. The first-order valence-electron chi connectivity index (χ1n) is 7.07. The molecule has 0 spiro atoms. The molecule has 0 bridgehead atoms. The van der Waals surface area contributed by atoms with E-state index in [2.05, 4.69) is 10.3 Å². The first-order valence-corrected chi connectivity index (χ1v) is 7.07. The fourth-order valence-corrected chi connectivity index (χ4v) is 2.53. The van der Waals surface area contributed by atoms with Gasteiger partial charge in [-0.2, -0.15) is 0 Å². The Bertz CT molecular complexity index is 865. The highest BCUT2D eigenvalue weighted by Gasteiger charge is 2.14. The number of anilines is 1. The van der Waals surface area contributed by atoms with Crippen molar-refractivity contribution in [2.75, 3.05) is 12.4 Å². The van der Waals surface area contributed by atoms with Gasteiger partial charge in [0.25, 0.3) is 5.69 Å². The van der Waals surface area contributed by atoms with E-state index < -0.39 is 4.92 Å². The maximum absolute atomic E-state index is 11.1. The number of aromatic nitrogens is 1. The van der Waals surface area contributed by atoms with Gasteiger partial charge >= 0.3 is 0 Å². The van der Waals surface area contributed by atoms with Gasteiger partial charge in [0.15, 0.2) is 0 Å². The third-order valence-electron chi connectivity index (χ3n) is 3.65. The van der Waals surface area contributed by atoms with Crippen LogP contribution in [0.3, 0.4) is 0 Å². The van der Waals surface area contributed by atoms with Gasteiger partial charge in [-0.3, -0.25) is 15.1 Å². The average Bonchev–Trinajstić information content (AvgIpc) is 2.59. The molecule has 23 heavy (non-hydrogen) atoms. The Morgan fingerprint density at radius 2 is 2.00 bits per heavy atom. The van der Waals surface area contributed by atoms with Crippen molar-refractivity contribution in [2.24, 2.45) is 0 Å².